The molecule has 0 amide bonds. The highest BCUT2D eigenvalue weighted by molar-refractivity contribution is 6.18. The Bertz CT molecular complexity index is 320. The summed E-state index contributed by atoms with van der Waals surface area (Å²) in [6.07, 6.45) is 0.213. The smallest absolute Gasteiger partial charge is 0.0715 e. The summed E-state index contributed by atoms with van der Waals surface area (Å²) >= 11 is 5.62. The van der Waals surface area contributed by atoms with Crippen LogP contribution in [-0.2, 0) is 6.42 Å². The third-order valence-electron chi connectivity index (χ3n) is 2.55. The normalized spacial score (nSPS) is 13.2. The average molecular weight is 227 g/mol. The number of hydrogen-bond donors (Lipinski definition) is 1. The van der Waals surface area contributed by atoms with Gasteiger partial charge in [-0.2, -0.15) is 0 Å². The van der Waals surface area contributed by atoms with E-state index in [1.54, 1.807) is 0 Å². The number of benzene rings is 1. The van der Waals surface area contributed by atoms with Gasteiger partial charge in [-0.1, -0.05) is 37.6 Å². The third-order valence-corrected chi connectivity index (χ3v) is 2.91. The standard InChI is InChI=1S/C13H19ClO/c1-9(2)13-5-4-10(3)6-11(13)7-12(15)8-14/h4-6,9,12,15H,7-8H2,1-3H3/t12-/m0/s1. The lowest BCUT2D eigenvalue weighted by Gasteiger charge is -2.15. The molecule has 0 aliphatic rings. The van der Waals surface area contributed by atoms with Crippen LogP contribution in [0.5, 0.6) is 0 Å². The summed E-state index contributed by atoms with van der Waals surface area (Å²) in [7, 11) is 0. The van der Waals surface area contributed by atoms with Crippen molar-refractivity contribution in [2.24, 2.45) is 0 Å². The van der Waals surface area contributed by atoms with Crippen LogP contribution < -0.4 is 0 Å². The van der Waals surface area contributed by atoms with Gasteiger partial charge in [0.05, 0.1) is 6.10 Å². The van der Waals surface area contributed by atoms with Crippen LogP contribution >= 0.6 is 11.6 Å². The van der Waals surface area contributed by atoms with Crippen molar-refractivity contribution in [3.8, 4) is 0 Å². The molecule has 1 nitrogen and oxygen atoms in total. The van der Waals surface area contributed by atoms with Crippen LogP contribution in [0.4, 0.5) is 0 Å². The van der Waals surface area contributed by atoms with Crippen LogP contribution in [0.15, 0.2) is 18.2 Å². The second-order valence-electron chi connectivity index (χ2n) is 4.37. The largest absolute Gasteiger partial charge is 0.392 e. The molecule has 0 fully saturated rings. The summed E-state index contributed by atoms with van der Waals surface area (Å²) in [6.45, 7) is 6.41. The van der Waals surface area contributed by atoms with Gasteiger partial charge >= 0.3 is 0 Å². The fraction of sp³-hybridized carbons (Fsp3) is 0.538. The van der Waals surface area contributed by atoms with Crippen molar-refractivity contribution in [2.45, 2.75) is 39.2 Å². The highest BCUT2D eigenvalue weighted by atomic mass is 35.5. The molecule has 0 aliphatic heterocycles. The monoisotopic (exact) mass is 226 g/mol. The van der Waals surface area contributed by atoms with E-state index in [4.69, 9.17) is 11.6 Å². The molecule has 0 spiro atoms. The molecule has 1 aromatic carbocycles. The van der Waals surface area contributed by atoms with E-state index >= 15 is 0 Å². The topological polar surface area (TPSA) is 20.2 Å². The number of aliphatic hydroxyl groups is 1. The number of halogens is 1. The van der Waals surface area contributed by atoms with Gasteiger partial charge in [-0.15, -0.1) is 11.6 Å². The first kappa shape index (κ1) is 12.5. The lowest BCUT2D eigenvalue weighted by atomic mass is 9.92. The Hall–Kier alpha value is -0.530. The van der Waals surface area contributed by atoms with Gasteiger partial charge in [-0.3, -0.25) is 0 Å². The van der Waals surface area contributed by atoms with Gasteiger partial charge in [0, 0.05) is 5.88 Å². The predicted octanol–water partition coefficient (Wildman–Crippen LogP) is 3.26. The van der Waals surface area contributed by atoms with Crippen molar-refractivity contribution in [2.75, 3.05) is 5.88 Å². The van der Waals surface area contributed by atoms with Crippen molar-refractivity contribution in [3.05, 3.63) is 34.9 Å². The Kier molecular flexibility index (Phi) is 4.62. The molecule has 0 saturated carbocycles. The summed E-state index contributed by atoms with van der Waals surface area (Å²) in [5.41, 5.74) is 3.76. The first-order chi connectivity index (χ1) is 7.04. The quantitative estimate of drug-likeness (QED) is 0.782. The minimum absolute atomic E-state index is 0.297. The van der Waals surface area contributed by atoms with Crippen molar-refractivity contribution in [3.63, 3.8) is 0 Å². The molecule has 0 radical (unpaired) electrons. The van der Waals surface area contributed by atoms with Crippen LogP contribution in [0.3, 0.4) is 0 Å². The molecule has 84 valence electrons. The molecule has 0 aliphatic carbocycles. The molecular weight excluding hydrogens is 208 g/mol. The maximum atomic E-state index is 9.58. The van der Waals surface area contributed by atoms with E-state index in [9.17, 15) is 5.11 Å². The van der Waals surface area contributed by atoms with E-state index in [-0.39, 0.29) is 0 Å². The Morgan fingerprint density at radius 2 is 2.00 bits per heavy atom. The van der Waals surface area contributed by atoms with Gasteiger partial charge in [0.25, 0.3) is 0 Å². The Morgan fingerprint density at radius 3 is 2.53 bits per heavy atom. The molecule has 0 heterocycles. The predicted molar refractivity (Wildman–Crippen MR) is 65.7 cm³/mol. The first-order valence-electron chi connectivity index (χ1n) is 5.38. The fourth-order valence-corrected chi connectivity index (χ4v) is 1.89. The average Bonchev–Trinajstić information content (AvgIpc) is 2.17. The van der Waals surface area contributed by atoms with Crippen molar-refractivity contribution >= 4 is 11.6 Å². The molecule has 0 bridgehead atoms. The number of rotatable bonds is 4. The zero-order chi connectivity index (χ0) is 11.4. The van der Waals surface area contributed by atoms with Gasteiger partial charge in [-0.25, -0.2) is 0 Å². The maximum Gasteiger partial charge on any atom is 0.0715 e. The second kappa shape index (κ2) is 5.53. The van der Waals surface area contributed by atoms with E-state index in [2.05, 4.69) is 39.0 Å². The number of alkyl halides is 1. The van der Waals surface area contributed by atoms with Gasteiger partial charge in [-0.05, 0) is 30.4 Å². The molecular formula is C13H19ClO. The lowest BCUT2D eigenvalue weighted by Crippen LogP contribution is -2.13. The van der Waals surface area contributed by atoms with E-state index in [1.807, 2.05) is 0 Å². The van der Waals surface area contributed by atoms with E-state index in [1.165, 1.54) is 16.7 Å². The Morgan fingerprint density at radius 1 is 1.33 bits per heavy atom. The number of hydrogen-bond acceptors (Lipinski definition) is 1. The SMILES string of the molecule is Cc1ccc(C(C)C)c(C[C@H](O)CCl)c1. The van der Waals surface area contributed by atoms with Crippen LogP contribution in [0.2, 0.25) is 0 Å². The van der Waals surface area contributed by atoms with Gasteiger partial charge < -0.3 is 5.11 Å². The number of aryl methyl sites for hydroxylation is 1. The summed E-state index contributed by atoms with van der Waals surface area (Å²) in [5.74, 6) is 0.786. The lowest BCUT2D eigenvalue weighted by molar-refractivity contribution is 0.198. The Labute approximate surface area is 97.1 Å². The van der Waals surface area contributed by atoms with Gasteiger partial charge in [0.2, 0.25) is 0 Å². The molecule has 1 aromatic rings. The van der Waals surface area contributed by atoms with Gasteiger partial charge in [0.15, 0.2) is 0 Å². The zero-order valence-electron chi connectivity index (χ0n) is 9.63. The minimum atomic E-state index is -0.439. The summed E-state index contributed by atoms with van der Waals surface area (Å²) < 4.78 is 0. The second-order valence-corrected chi connectivity index (χ2v) is 4.68. The third kappa shape index (κ3) is 3.51. The maximum absolute atomic E-state index is 9.58. The van der Waals surface area contributed by atoms with E-state index in [0.717, 1.165) is 0 Å². The highest BCUT2D eigenvalue weighted by Crippen LogP contribution is 2.22. The van der Waals surface area contributed by atoms with Crippen molar-refractivity contribution < 1.29 is 5.11 Å². The zero-order valence-corrected chi connectivity index (χ0v) is 10.4. The molecule has 0 saturated heterocycles. The molecule has 0 unspecified atom stereocenters. The van der Waals surface area contributed by atoms with Crippen LogP contribution in [-0.4, -0.2) is 17.1 Å². The van der Waals surface area contributed by atoms with Crippen LogP contribution in [0, 0.1) is 6.92 Å². The van der Waals surface area contributed by atoms with Crippen molar-refractivity contribution in [1.29, 1.82) is 0 Å². The van der Waals surface area contributed by atoms with E-state index < -0.39 is 6.10 Å². The molecule has 1 N–H and O–H groups in total. The molecule has 0 aromatic heterocycles. The molecule has 1 rings (SSSR count). The summed E-state index contributed by atoms with van der Waals surface area (Å²) in [6, 6.07) is 6.41. The molecule has 1 atom stereocenters. The summed E-state index contributed by atoms with van der Waals surface area (Å²) in [4.78, 5) is 0. The Balaban J connectivity index is 2.96. The minimum Gasteiger partial charge on any atom is -0.392 e. The van der Waals surface area contributed by atoms with Gasteiger partial charge in [0.1, 0.15) is 0 Å². The van der Waals surface area contributed by atoms with Crippen molar-refractivity contribution in [1.82, 2.24) is 0 Å². The first-order valence-corrected chi connectivity index (χ1v) is 5.91. The molecule has 15 heavy (non-hydrogen) atoms. The fourth-order valence-electron chi connectivity index (χ4n) is 1.78. The van der Waals surface area contributed by atoms with Crippen LogP contribution in [0.1, 0.15) is 36.5 Å². The summed E-state index contributed by atoms with van der Waals surface area (Å²) in [5, 5.41) is 9.58. The van der Waals surface area contributed by atoms with E-state index in [0.29, 0.717) is 18.2 Å². The molecule has 2 heteroatoms. The highest BCUT2D eigenvalue weighted by Gasteiger charge is 2.10. The number of aliphatic hydroxyl groups excluding tert-OH is 1. The van der Waals surface area contributed by atoms with Crippen LogP contribution in [0.25, 0.3) is 0 Å².